The van der Waals surface area contributed by atoms with Crippen molar-refractivity contribution in [3.05, 3.63) is 109 Å². The first-order chi connectivity index (χ1) is 16.5. The number of hydrogen-bond donors (Lipinski definition) is 0. The summed E-state index contributed by atoms with van der Waals surface area (Å²) < 4.78 is 2.70. The summed E-state index contributed by atoms with van der Waals surface area (Å²) in [6.45, 7) is 7.21. The maximum absolute atomic E-state index is 2.42. The number of rotatable bonds is 4. The SMILES string of the molecule is C[Si](C)(C)c1ccc(N(c2ccccc2)c2cc3c4ccccc4sc3c3ccccc23)cc1. The fraction of sp³-hybridized carbons (Fsp3) is 0.0968. The van der Waals surface area contributed by atoms with Gasteiger partial charge in [0.2, 0.25) is 0 Å². The molecule has 34 heavy (non-hydrogen) atoms. The first kappa shape index (κ1) is 21.2. The lowest BCUT2D eigenvalue weighted by Gasteiger charge is -2.28. The van der Waals surface area contributed by atoms with Crippen LogP contribution < -0.4 is 10.1 Å². The highest BCUT2D eigenvalue weighted by Crippen LogP contribution is 2.45. The molecule has 0 N–H and O–H groups in total. The van der Waals surface area contributed by atoms with E-state index in [1.165, 1.54) is 53.2 Å². The van der Waals surface area contributed by atoms with Crippen LogP contribution in [0.2, 0.25) is 19.6 Å². The molecule has 0 atom stereocenters. The molecule has 0 unspecified atom stereocenters. The van der Waals surface area contributed by atoms with Crippen LogP contribution in [0.3, 0.4) is 0 Å². The molecule has 1 aromatic heterocycles. The maximum atomic E-state index is 2.42. The van der Waals surface area contributed by atoms with E-state index in [9.17, 15) is 0 Å². The van der Waals surface area contributed by atoms with Gasteiger partial charge in [0, 0.05) is 42.3 Å². The lowest BCUT2D eigenvalue weighted by Crippen LogP contribution is -2.37. The van der Waals surface area contributed by atoms with Gasteiger partial charge in [0.05, 0.1) is 13.8 Å². The van der Waals surface area contributed by atoms with E-state index in [-0.39, 0.29) is 0 Å². The molecule has 0 saturated heterocycles. The largest absolute Gasteiger partial charge is 0.310 e. The van der Waals surface area contributed by atoms with E-state index >= 15 is 0 Å². The summed E-state index contributed by atoms with van der Waals surface area (Å²) >= 11 is 1.89. The normalized spacial score (nSPS) is 12.0. The van der Waals surface area contributed by atoms with E-state index < -0.39 is 8.07 Å². The van der Waals surface area contributed by atoms with Gasteiger partial charge in [0.1, 0.15) is 0 Å². The van der Waals surface area contributed by atoms with Crippen LogP contribution in [0.4, 0.5) is 17.1 Å². The van der Waals surface area contributed by atoms with Crippen molar-refractivity contribution in [1.82, 2.24) is 0 Å². The molecule has 6 rings (SSSR count). The second-order valence-electron chi connectivity index (χ2n) is 9.88. The van der Waals surface area contributed by atoms with Crippen LogP contribution in [-0.2, 0) is 0 Å². The van der Waals surface area contributed by atoms with Crippen molar-refractivity contribution in [2.45, 2.75) is 19.6 Å². The van der Waals surface area contributed by atoms with Gasteiger partial charge in [-0.3, -0.25) is 0 Å². The van der Waals surface area contributed by atoms with E-state index in [2.05, 4.69) is 134 Å². The second kappa shape index (κ2) is 8.12. The molecular formula is C31H27NSSi. The van der Waals surface area contributed by atoms with E-state index in [1.807, 2.05) is 11.3 Å². The van der Waals surface area contributed by atoms with Crippen molar-refractivity contribution in [3.8, 4) is 0 Å². The van der Waals surface area contributed by atoms with Crippen molar-refractivity contribution in [2.75, 3.05) is 4.90 Å². The lowest BCUT2D eigenvalue weighted by atomic mass is 10.0. The van der Waals surface area contributed by atoms with Crippen LogP contribution in [0.1, 0.15) is 0 Å². The molecule has 1 nitrogen and oxygen atoms in total. The molecule has 0 aliphatic heterocycles. The van der Waals surface area contributed by atoms with E-state index in [4.69, 9.17) is 0 Å². The van der Waals surface area contributed by atoms with E-state index in [0.717, 1.165) is 0 Å². The Hall–Kier alpha value is -3.40. The second-order valence-corrected chi connectivity index (χ2v) is 16.0. The van der Waals surface area contributed by atoms with Crippen LogP contribution in [0.5, 0.6) is 0 Å². The molecule has 0 spiro atoms. The van der Waals surface area contributed by atoms with Gasteiger partial charge in [-0.25, -0.2) is 0 Å². The lowest BCUT2D eigenvalue weighted by molar-refractivity contribution is 1.30. The van der Waals surface area contributed by atoms with Crippen LogP contribution in [-0.4, -0.2) is 8.07 Å². The van der Waals surface area contributed by atoms with Gasteiger partial charge in [-0.15, -0.1) is 11.3 Å². The number of thiophene rings is 1. The Labute approximate surface area is 205 Å². The number of nitrogens with zero attached hydrogens (tertiary/aromatic N) is 1. The average Bonchev–Trinajstić information content (AvgIpc) is 3.24. The number of hydrogen-bond acceptors (Lipinski definition) is 2. The molecule has 1 heterocycles. The minimum absolute atomic E-state index is 1.17. The topological polar surface area (TPSA) is 3.24 Å². The Morgan fingerprint density at radius 3 is 1.85 bits per heavy atom. The first-order valence-electron chi connectivity index (χ1n) is 11.8. The molecule has 0 aliphatic rings. The zero-order chi connectivity index (χ0) is 23.3. The van der Waals surface area contributed by atoms with Gasteiger partial charge < -0.3 is 4.90 Å². The van der Waals surface area contributed by atoms with Crippen LogP contribution in [0.15, 0.2) is 109 Å². The molecule has 0 amide bonds. The Balaban J connectivity index is 1.67. The zero-order valence-electron chi connectivity index (χ0n) is 19.7. The smallest absolute Gasteiger partial charge is 0.0775 e. The fourth-order valence-corrected chi connectivity index (χ4v) is 7.22. The van der Waals surface area contributed by atoms with Gasteiger partial charge in [-0.1, -0.05) is 97.6 Å². The van der Waals surface area contributed by atoms with Crippen LogP contribution >= 0.6 is 11.3 Å². The zero-order valence-corrected chi connectivity index (χ0v) is 21.6. The minimum Gasteiger partial charge on any atom is -0.310 e. The predicted octanol–water partition coefficient (Wildman–Crippen LogP) is 9.22. The van der Waals surface area contributed by atoms with E-state index in [0.29, 0.717) is 0 Å². The average molecular weight is 474 g/mol. The number of fused-ring (bicyclic) bond motifs is 5. The van der Waals surface area contributed by atoms with Gasteiger partial charge in [-0.2, -0.15) is 0 Å². The molecule has 0 bridgehead atoms. The van der Waals surface area contributed by atoms with Crippen LogP contribution in [0, 0.1) is 0 Å². The van der Waals surface area contributed by atoms with Gasteiger partial charge >= 0.3 is 0 Å². The molecule has 0 radical (unpaired) electrons. The summed E-state index contributed by atoms with van der Waals surface area (Å²) in [5.74, 6) is 0. The third-order valence-electron chi connectivity index (χ3n) is 6.61. The van der Waals surface area contributed by atoms with Crippen LogP contribution in [0.25, 0.3) is 30.9 Å². The quantitative estimate of drug-likeness (QED) is 0.231. The molecule has 0 fully saturated rings. The summed E-state index contributed by atoms with van der Waals surface area (Å²) in [6.07, 6.45) is 0. The fourth-order valence-electron chi connectivity index (χ4n) is 4.83. The number of para-hydroxylation sites is 1. The van der Waals surface area contributed by atoms with Crippen molar-refractivity contribution >= 4 is 72.6 Å². The summed E-state index contributed by atoms with van der Waals surface area (Å²) in [5, 5.41) is 6.73. The molecule has 6 aromatic rings. The monoisotopic (exact) mass is 473 g/mol. The first-order valence-corrected chi connectivity index (χ1v) is 16.1. The van der Waals surface area contributed by atoms with Gasteiger partial charge in [0.15, 0.2) is 0 Å². The highest BCUT2D eigenvalue weighted by atomic mass is 32.1. The molecule has 3 heteroatoms. The van der Waals surface area contributed by atoms with Gasteiger partial charge in [0.25, 0.3) is 0 Å². The Bertz CT molecular complexity index is 1630. The maximum Gasteiger partial charge on any atom is 0.0775 e. The molecule has 0 saturated carbocycles. The predicted molar refractivity (Wildman–Crippen MR) is 154 cm³/mol. The summed E-state index contributed by atoms with van der Waals surface area (Å²) in [5.41, 5.74) is 3.59. The molecule has 5 aromatic carbocycles. The molecule has 0 aliphatic carbocycles. The minimum atomic E-state index is -1.37. The van der Waals surface area contributed by atoms with Gasteiger partial charge in [-0.05, 0) is 36.4 Å². The van der Waals surface area contributed by atoms with Crippen molar-refractivity contribution < 1.29 is 0 Å². The summed E-state index contributed by atoms with van der Waals surface area (Å²) in [6, 6.07) is 40.0. The van der Waals surface area contributed by atoms with Crippen molar-refractivity contribution in [3.63, 3.8) is 0 Å². The molecule has 166 valence electrons. The highest BCUT2D eigenvalue weighted by molar-refractivity contribution is 7.26. The number of benzene rings is 5. The summed E-state index contributed by atoms with van der Waals surface area (Å²) in [4.78, 5) is 2.42. The van der Waals surface area contributed by atoms with Crippen molar-refractivity contribution in [1.29, 1.82) is 0 Å². The Morgan fingerprint density at radius 2 is 1.15 bits per heavy atom. The Morgan fingerprint density at radius 1 is 0.559 bits per heavy atom. The third-order valence-corrected chi connectivity index (χ3v) is 9.89. The molecular weight excluding hydrogens is 447 g/mol. The Kier molecular flexibility index (Phi) is 5.05. The standard InChI is InChI=1S/C31H27NSSi/c1-34(2,3)24-19-17-23(18-20-24)32(22-11-5-4-6-12-22)29-21-28-26-14-9-10-16-30(26)33-31(28)27-15-8-7-13-25(27)29/h4-21H,1-3H3. The van der Waals surface area contributed by atoms with E-state index in [1.54, 1.807) is 0 Å². The summed E-state index contributed by atoms with van der Waals surface area (Å²) in [7, 11) is -1.37. The third kappa shape index (κ3) is 3.53. The number of anilines is 3. The highest BCUT2D eigenvalue weighted by Gasteiger charge is 2.20. The van der Waals surface area contributed by atoms with Crippen molar-refractivity contribution in [2.24, 2.45) is 0 Å².